The first-order chi connectivity index (χ1) is 11.6. The summed E-state index contributed by atoms with van der Waals surface area (Å²) in [5.74, 6) is 0.560. The second-order valence-corrected chi connectivity index (χ2v) is 6.92. The van der Waals surface area contributed by atoms with Crippen molar-refractivity contribution in [2.75, 3.05) is 23.7 Å². The summed E-state index contributed by atoms with van der Waals surface area (Å²) in [4.78, 5) is 16.9. The zero-order valence-corrected chi connectivity index (χ0v) is 14.8. The molecule has 1 saturated heterocycles. The monoisotopic (exact) mass is 390 g/mol. The lowest BCUT2D eigenvalue weighted by Crippen LogP contribution is -2.35. The average Bonchev–Trinajstić information content (AvgIpc) is 2.58. The molecule has 2 aromatic rings. The number of nitro groups is 1. The van der Waals surface area contributed by atoms with E-state index in [0.29, 0.717) is 16.1 Å². The van der Waals surface area contributed by atoms with Crippen LogP contribution in [0.5, 0.6) is 0 Å². The van der Waals surface area contributed by atoms with Crippen molar-refractivity contribution in [3.8, 4) is 0 Å². The molecule has 1 aliphatic rings. The quantitative estimate of drug-likeness (QED) is 0.633. The lowest BCUT2D eigenvalue weighted by molar-refractivity contribution is -0.383. The van der Waals surface area contributed by atoms with Crippen molar-refractivity contribution < 1.29 is 4.92 Å². The van der Waals surface area contributed by atoms with Gasteiger partial charge in [-0.2, -0.15) is 0 Å². The van der Waals surface area contributed by atoms with Crippen LogP contribution in [0.2, 0.25) is 0 Å². The van der Waals surface area contributed by atoms with Crippen molar-refractivity contribution in [2.24, 2.45) is 5.92 Å². The number of rotatable bonds is 4. The van der Waals surface area contributed by atoms with Gasteiger partial charge in [-0.3, -0.25) is 10.1 Å². The van der Waals surface area contributed by atoms with Crippen molar-refractivity contribution in [1.29, 1.82) is 0 Å². The topological polar surface area (TPSA) is 85.3 Å². The Hall–Kier alpha value is -2.15. The molecule has 1 aliphatic heterocycles. The Morgan fingerprint density at radius 2 is 1.96 bits per heavy atom. The summed E-state index contributed by atoms with van der Waals surface area (Å²) >= 11 is 3.39. The smallest absolute Gasteiger partial charge is 0.335 e. The number of hydrogen-bond acceptors (Lipinski definition) is 5. The number of nitrogens with two attached hydrogens (primary N) is 1. The highest BCUT2D eigenvalue weighted by molar-refractivity contribution is 9.10. The third kappa shape index (κ3) is 3.51. The number of piperidine rings is 1. The summed E-state index contributed by atoms with van der Waals surface area (Å²) in [6, 6.07) is 10.4. The van der Waals surface area contributed by atoms with Crippen LogP contribution in [-0.2, 0) is 6.42 Å². The molecule has 6 nitrogen and oxygen atoms in total. The molecule has 1 fully saturated rings. The summed E-state index contributed by atoms with van der Waals surface area (Å²) < 4.78 is 0.616. The molecular formula is C17H19BrN4O2. The van der Waals surface area contributed by atoms with Gasteiger partial charge in [0.15, 0.2) is 0 Å². The van der Waals surface area contributed by atoms with E-state index in [-0.39, 0.29) is 11.5 Å². The first-order valence-corrected chi connectivity index (χ1v) is 8.72. The number of benzene rings is 1. The van der Waals surface area contributed by atoms with Crippen LogP contribution < -0.4 is 10.6 Å². The van der Waals surface area contributed by atoms with Gasteiger partial charge in [0.1, 0.15) is 5.69 Å². The van der Waals surface area contributed by atoms with Gasteiger partial charge in [-0.15, -0.1) is 0 Å². The Labute approximate surface area is 149 Å². The van der Waals surface area contributed by atoms with E-state index in [2.05, 4.69) is 45.2 Å². The molecule has 24 heavy (non-hydrogen) atoms. The molecule has 0 aliphatic carbocycles. The van der Waals surface area contributed by atoms with Crippen LogP contribution in [0.15, 0.2) is 41.0 Å². The fourth-order valence-corrected chi connectivity index (χ4v) is 3.81. The summed E-state index contributed by atoms with van der Waals surface area (Å²) in [6.07, 6.45) is 4.59. The van der Waals surface area contributed by atoms with E-state index in [1.165, 1.54) is 11.8 Å². The van der Waals surface area contributed by atoms with Gasteiger partial charge in [0.2, 0.25) is 5.82 Å². The van der Waals surface area contributed by atoms with Gasteiger partial charge < -0.3 is 10.6 Å². The molecule has 0 saturated carbocycles. The number of halogens is 1. The Kier molecular flexibility index (Phi) is 4.99. The SMILES string of the molecule is Nc1ncc(Br)c(N2CCC(Cc3ccccc3)CC2)c1[N+](=O)[O-]. The molecule has 2 heterocycles. The van der Waals surface area contributed by atoms with Gasteiger partial charge in [-0.05, 0) is 46.7 Å². The van der Waals surface area contributed by atoms with Gasteiger partial charge in [0.25, 0.3) is 0 Å². The maximum atomic E-state index is 11.4. The van der Waals surface area contributed by atoms with E-state index >= 15 is 0 Å². The molecular weight excluding hydrogens is 372 g/mol. The molecule has 0 spiro atoms. The number of anilines is 2. The molecule has 0 amide bonds. The van der Waals surface area contributed by atoms with E-state index in [1.807, 2.05) is 11.0 Å². The first kappa shape index (κ1) is 16.7. The molecule has 2 N–H and O–H groups in total. The number of nitrogens with zero attached hydrogens (tertiary/aromatic N) is 3. The summed E-state index contributed by atoms with van der Waals surface area (Å²) in [5, 5.41) is 11.4. The second-order valence-electron chi connectivity index (χ2n) is 6.07. The minimum absolute atomic E-state index is 0.0374. The van der Waals surface area contributed by atoms with Crippen molar-refractivity contribution >= 4 is 33.1 Å². The van der Waals surface area contributed by atoms with Crippen molar-refractivity contribution in [1.82, 2.24) is 4.98 Å². The highest BCUT2D eigenvalue weighted by Crippen LogP contribution is 2.40. The van der Waals surface area contributed by atoms with Crippen LogP contribution in [-0.4, -0.2) is 23.0 Å². The number of pyridine rings is 1. The molecule has 1 aromatic heterocycles. The largest absolute Gasteiger partial charge is 0.378 e. The standard InChI is InChI=1S/C17H19BrN4O2/c18-14-11-20-17(19)16(22(23)24)15(14)21-8-6-13(7-9-21)10-12-4-2-1-3-5-12/h1-5,11,13H,6-10H2,(H2,19,20). The van der Waals surface area contributed by atoms with Gasteiger partial charge in [0.05, 0.1) is 9.40 Å². The number of aromatic nitrogens is 1. The fraction of sp³-hybridized carbons (Fsp3) is 0.353. The lowest BCUT2D eigenvalue weighted by atomic mass is 9.90. The molecule has 0 atom stereocenters. The molecule has 0 radical (unpaired) electrons. The summed E-state index contributed by atoms with van der Waals surface area (Å²) in [6.45, 7) is 1.56. The van der Waals surface area contributed by atoms with Crippen LogP contribution in [0.4, 0.5) is 17.2 Å². The molecule has 3 rings (SSSR count). The second kappa shape index (κ2) is 7.17. The van der Waals surface area contributed by atoms with Gasteiger partial charge in [-0.1, -0.05) is 30.3 Å². The van der Waals surface area contributed by atoms with E-state index in [9.17, 15) is 10.1 Å². The van der Waals surface area contributed by atoms with Crippen molar-refractivity contribution in [2.45, 2.75) is 19.3 Å². The van der Waals surface area contributed by atoms with Crippen LogP contribution in [0.25, 0.3) is 0 Å². The maximum absolute atomic E-state index is 11.4. The first-order valence-electron chi connectivity index (χ1n) is 7.93. The Balaban J connectivity index is 1.73. The Morgan fingerprint density at radius 3 is 2.58 bits per heavy atom. The zero-order valence-electron chi connectivity index (χ0n) is 13.2. The van der Waals surface area contributed by atoms with E-state index in [4.69, 9.17) is 5.73 Å². The van der Waals surface area contributed by atoms with Crippen molar-refractivity contribution in [3.63, 3.8) is 0 Å². The van der Waals surface area contributed by atoms with Crippen molar-refractivity contribution in [3.05, 3.63) is 56.7 Å². The highest BCUT2D eigenvalue weighted by Gasteiger charge is 2.29. The van der Waals surface area contributed by atoms with Gasteiger partial charge in [-0.25, -0.2) is 4.98 Å². The maximum Gasteiger partial charge on any atom is 0.335 e. The van der Waals surface area contributed by atoms with Crippen LogP contribution in [0, 0.1) is 16.0 Å². The van der Waals surface area contributed by atoms with E-state index < -0.39 is 4.92 Å². The third-order valence-corrected chi connectivity index (χ3v) is 5.07. The van der Waals surface area contributed by atoms with Gasteiger partial charge in [0, 0.05) is 19.3 Å². The zero-order chi connectivity index (χ0) is 17.1. The predicted molar refractivity (Wildman–Crippen MR) is 98.1 cm³/mol. The molecule has 7 heteroatoms. The summed E-state index contributed by atoms with van der Waals surface area (Å²) in [5.41, 5.74) is 7.51. The van der Waals surface area contributed by atoms with Gasteiger partial charge >= 0.3 is 5.69 Å². The molecule has 0 bridgehead atoms. The Bertz CT molecular complexity index is 731. The number of nitrogen functional groups attached to an aromatic ring is 1. The minimum Gasteiger partial charge on any atom is -0.378 e. The third-order valence-electron chi connectivity index (χ3n) is 4.49. The summed E-state index contributed by atoms with van der Waals surface area (Å²) in [7, 11) is 0. The molecule has 1 aromatic carbocycles. The Morgan fingerprint density at radius 1 is 1.29 bits per heavy atom. The predicted octanol–water partition coefficient (Wildman–Crippen LogP) is 3.79. The average molecular weight is 391 g/mol. The number of hydrogen-bond donors (Lipinski definition) is 1. The van der Waals surface area contributed by atoms with Crippen LogP contribution in [0.3, 0.4) is 0 Å². The lowest BCUT2D eigenvalue weighted by Gasteiger charge is -2.33. The molecule has 126 valence electrons. The van der Waals surface area contributed by atoms with E-state index in [1.54, 1.807) is 0 Å². The van der Waals surface area contributed by atoms with Crippen LogP contribution in [0.1, 0.15) is 18.4 Å². The minimum atomic E-state index is -0.446. The van der Waals surface area contributed by atoms with Crippen LogP contribution >= 0.6 is 15.9 Å². The highest BCUT2D eigenvalue weighted by atomic mass is 79.9. The van der Waals surface area contributed by atoms with E-state index in [0.717, 1.165) is 32.4 Å². The fourth-order valence-electron chi connectivity index (χ4n) is 3.27. The normalized spacial score (nSPS) is 15.5. The molecule has 0 unspecified atom stereocenters.